The average Bonchev–Trinajstić information content (AvgIpc) is 2.03. The van der Waals surface area contributed by atoms with E-state index in [-0.39, 0.29) is 63.2 Å². The summed E-state index contributed by atoms with van der Waals surface area (Å²) >= 11 is 0. The molecule has 0 amide bonds. The van der Waals surface area contributed by atoms with Crippen LogP contribution in [0, 0.1) is 17.8 Å². The molecule has 74 valence electrons. The molecule has 3 atom stereocenters. The van der Waals surface area contributed by atoms with Crippen molar-refractivity contribution in [3.8, 4) is 0 Å². The van der Waals surface area contributed by atoms with Crippen LogP contribution in [0.3, 0.4) is 0 Å². The number of rotatable bonds is 2. The van der Waals surface area contributed by atoms with Crippen LogP contribution >= 0.6 is 0 Å². The molecule has 0 spiro atoms. The van der Waals surface area contributed by atoms with Gasteiger partial charge in [0, 0.05) is 0 Å². The summed E-state index contributed by atoms with van der Waals surface area (Å²) in [5, 5.41) is 0. The van der Waals surface area contributed by atoms with Crippen LogP contribution in [0.5, 0.6) is 0 Å². The van der Waals surface area contributed by atoms with E-state index in [0.29, 0.717) is 5.92 Å². The van der Waals surface area contributed by atoms with Crippen LogP contribution in [0.15, 0.2) is 12.2 Å². The Labute approximate surface area is 125 Å². The van der Waals surface area contributed by atoms with Gasteiger partial charge >= 0.3 is 58.4 Å². The fourth-order valence-electron chi connectivity index (χ4n) is 2.67. The van der Waals surface area contributed by atoms with Crippen LogP contribution in [0.2, 0.25) is 6.32 Å². The fraction of sp³-hybridized carbons (Fsp3) is 0.778. The van der Waals surface area contributed by atoms with E-state index in [1.165, 1.54) is 0 Å². The van der Waals surface area contributed by atoms with Crippen molar-refractivity contribution in [3.63, 3.8) is 0 Å². The molecule has 0 N–H and O–H groups in total. The third-order valence-electron chi connectivity index (χ3n) is 3.28. The summed E-state index contributed by atoms with van der Waals surface area (Å²) < 4.78 is 36.6. The molecule has 0 aliphatic heterocycles. The Morgan fingerprint density at radius 3 is 2.21 bits per heavy atom. The zero-order valence-corrected chi connectivity index (χ0v) is 11.5. The molecule has 0 aromatic rings. The summed E-state index contributed by atoms with van der Waals surface area (Å²) in [5.74, 6) is 0.547. The van der Waals surface area contributed by atoms with E-state index in [2.05, 4.69) is 6.08 Å². The molecule has 1 saturated carbocycles. The molecule has 3 rings (SSSR count). The summed E-state index contributed by atoms with van der Waals surface area (Å²) in [5.41, 5.74) is 0. The first-order chi connectivity index (χ1) is 6.04. The van der Waals surface area contributed by atoms with Crippen LogP contribution in [0.1, 0.15) is 19.3 Å². The average molecular weight is 228 g/mol. The SMILES string of the molecule is F[B-](F)(F)CC1CC2C=CC1CC2.[K+]. The van der Waals surface area contributed by atoms with E-state index in [4.69, 9.17) is 0 Å². The van der Waals surface area contributed by atoms with Crippen LogP contribution in [0.4, 0.5) is 12.9 Å². The van der Waals surface area contributed by atoms with Gasteiger partial charge in [-0.05, 0) is 31.1 Å². The van der Waals surface area contributed by atoms with E-state index in [1.54, 1.807) is 0 Å². The number of hydrogen-bond donors (Lipinski definition) is 0. The Bertz CT molecular complexity index is 227. The van der Waals surface area contributed by atoms with Crippen molar-refractivity contribution in [2.45, 2.75) is 25.6 Å². The number of fused-ring (bicyclic) bond motifs is 2. The second kappa shape index (κ2) is 5.04. The zero-order valence-electron chi connectivity index (χ0n) is 8.43. The summed E-state index contributed by atoms with van der Waals surface area (Å²) in [4.78, 5) is 0. The number of hydrogen-bond acceptors (Lipinski definition) is 0. The van der Waals surface area contributed by atoms with Gasteiger partial charge in [-0.2, -0.15) is 0 Å². The molecule has 1 fully saturated rings. The Hall–Kier alpha value is 1.23. The first-order valence-corrected chi connectivity index (χ1v) is 4.94. The molecule has 3 unspecified atom stereocenters. The third kappa shape index (κ3) is 3.37. The minimum absolute atomic E-state index is 0. The summed E-state index contributed by atoms with van der Waals surface area (Å²) in [7, 11) is 0. The second-order valence-corrected chi connectivity index (χ2v) is 4.33. The monoisotopic (exact) mass is 228 g/mol. The molecule has 3 aliphatic rings. The van der Waals surface area contributed by atoms with Gasteiger partial charge in [-0.15, -0.1) is 0 Å². The van der Waals surface area contributed by atoms with Gasteiger partial charge in [0.2, 0.25) is 0 Å². The molecule has 0 aromatic heterocycles. The van der Waals surface area contributed by atoms with Crippen molar-refractivity contribution < 1.29 is 64.3 Å². The maximum atomic E-state index is 12.2. The Kier molecular flexibility index (Phi) is 4.79. The van der Waals surface area contributed by atoms with Crippen molar-refractivity contribution in [3.05, 3.63) is 12.2 Å². The van der Waals surface area contributed by atoms with E-state index in [0.717, 1.165) is 19.3 Å². The zero-order chi connectivity index (χ0) is 9.47. The summed E-state index contributed by atoms with van der Waals surface area (Å²) in [6.45, 7) is -4.58. The maximum absolute atomic E-state index is 12.2. The minimum Gasteiger partial charge on any atom is -0.449 e. The van der Waals surface area contributed by atoms with Gasteiger partial charge in [0.1, 0.15) is 0 Å². The van der Waals surface area contributed by atoms with Gasteiger partial charge in [-0.3, -0.25) is 0 Å². The van der Waals surface area contributed by atoms with Crippen molar-refractivity contribution in [2.24, 2.45) is 17.8 Å². The molecular formula is C9H13BF3K. The molecule has 3 aliphatic carbocycles. The minimum atomic E-state index is -4.58. The molecular weight excluding hydrogens is 215 g/mol. The van der Waals surface area contributed by atoms with Crippen molar-refractivity contribution in [1.82, 2.24) is 0 Å². The van der Waals surface area contributed by atoms with Gasteiger partial charge in [0.05, 0.1) is 0 Å². The number of allylic oxidation sites excluding steroid dienone is 2. The smallest absolute Gasteiger partial charge is 0.449 e. The second-order valence-electron chi connectivity index (χ2n) is 4.33. The molecule has 0 heterocycles. The van der Waals surface area contributed by atoms with Gasteiger partial charge in [-0.1, -0.05) is 24.4 Å². The largest absolute Gasteiger partial charge is 1.00 e. The van der Waals surface area contributed by atoms with Gasteiger partial charge in [0.25, 0.3) is 0 Å². The molecule has 5 heteroatoms. The molecule has 0 aromatic carbocycles. The van der Waals surface area contributed by atoms with Crippen LogP contribution < -0.4 is 51.4 Å². The van der Waals surface area contributed by atoms with Gasteiger partial charge < -0.3 is 12.9 Å². The third-order valence-corrected chi connectivity index (χ3v) is 3.28. The van der Waals surface area contributed by atoms with Gasteiger partial charge in [0.15, 0.2) is 0 Å². The van der Waals surface area contributed by atoms with E-state index in [9.17, 15) is 12.9 Å². The first kappa shape index (κ1) is 13.3. The predicted octanol–water partition coefficient (Wildman–Crippen LogP) is 0.440. The van der Waals surface area contributed by atoms with Gasteiger partial charge in [-0.25, -0.2) is 0 Å². The van der Waals surface area contributed by atoms with E-state index >= 15 is 0 Å². The Balaban J connectivity index is 0.000000980. The Morgan fingerprint density at radius 1 is 1.14 bits per heavy atom. The maximum Gasteiger partial charge on any atom is 1.00 e. The van der Waals surface area contributed by atoms with E-state index < -0.39 is 13.3 Å². The van der Waals surface area contributed by atoms with Crippen molar-refractivity contribution >= 4 is 6.98 Å². The molecule has 0 saturated heterocycles. The summed E-state index contributed by atoms with van der Waals surface area (Å²) in [6.07, 6.45) is 6.42. The van der Waals surface area contributed by atoms with Crippen LogP contribution in [-0.4, -0.2) is 6.98 Å². The standard InChI is InChI=1S/C9H13BF3.K/c11-10(12,13)6-9-5-7-1-3-8(9)4-2-7;/h1,3,7-9H,2,4-6H2;/q-1;+1. The van der Waals surface area contributed by atoms with Crippen LogP contribution in [0.25, 0.3) is 0 Å². The van der Waals surface area contributed by atoms with Crippen molar-refractivity contribution in [2.75, 3.05) is 0 Å². The van der Waals surface area contributed by atoms with Crippen molar-refractivity contribution in [1.29, 1.82) is 0 Å². The topological polar surface area (TPSA) is 0 Å². The van der Waals surface area contributed by atoms with Crippen LogP contribution in [-0.2, 0) is 0 Å². The first-order valence-electron chi connectivity index (χ1n) is 4.94. The quantitative estimate of drug-likeness (QED) is 0.475. The number of halogens is 3. The Morgan fingerprint density at radius 2 is 1.86 bits per heavy atom. The fourth-order valence-corrected chi connectivity index (χ4v) is 2.67. The molecule has 0 radical (unpaired) electrons. The molecule has 14 heavy (non-hydrogen) atoms. The normalized spacial score (nSPS) is 35.5. The molecule has 2 bridgehead atoms. The predicted molar refractivity (Wildman–Crippen MR) is 47.3 cm³/mol. The summed E-state index contributed by atoms with van der Waals surface area (Å²) in [6, 6.07) is 0. The van der Waals surface area contributed by atoms with E-state index in [1.807, 2.05) is 6.08 Å². The molecule has 0 nitrogen and oxygen atoms in total.